The SMILES string of the molecule is COC1=C(C(C)C)c2cc(C)c(O)cc2[C@@](C)(O)C1=O. The highest BCUT2D eigenvalue weighted by molar-refractivity contribution is 6.10. The van der Waals surface area contributed by atoms with E-state index in [-0.39, 0.29) is 17.4 Å². The summed E-state index contributed by atoms with van der Waals surface area (Å²) in [6.07, 6.45) is 0. The maximum absolute atomic E-state index is 12.4. The zero-order chi connectivity index (χ0) is 15.2. The van der Waals surface area contributed by atoms with Crippen molar-refractivity contribution in [2.45, 2.75) is 33.3 Å². The molecule has 2 N–H and O–H groups in total. The standard InChI is InChI=1S/C16H20O4/c1-8(2)13-10-6-9(3)12(17)7-11(10)16(4,19)15(18)14(13)20-5/h6-8,17,19H,1-5H3/t16-/m1/s1. The molecule has 1 aromatic carbocycles. The summed E-state index contributed by atoms with van der Waals surface area (Å²) in [5.74, 6) is -0.143. The Kier molecular flexibility index (Phi) is 3.38. The van der Waals surface area contributed by atoms with Crippen molar-refractivity contribution in [1.82, 2.24) is 0 Å². The quantitative estimate of drug-likeness (QED) is 0.871. The van der Waals surface area contributed by atoms with E-state index < -0.39 is 11.4 Å². The summed E-state index contributed by atoms with van der Waals surface area (Å²) < 4.78 is 5.25. The summed E-state index contributed by atoms with van der Waals surface area (Å²) in [5, 5.41) is 20.4. The average Bonchev–Trinajstić information content (AvgIpc) is 2.36. The lowest BCUT2D eigenvalue weighted by molar-refractivity contribution is -0.136. The van der Waals surface area contributed by atoms with E-state index in [4.69, 9.17) is 4.74 Å². The maximum Gasteiger partial charge on any atom is 0.233 e. The number of Topliss-reactive ketones (excluding diaryl/α,β-unsaturated/α-hetero) is 1. The highest BCUT2D eigenvalue weighted by atomic mass is 16.5. The molecule has 0 heterocycles. The average molecular weight is 276 g/mol. The van der Waals surface area contributed by atoms with Gasteiger partial charge in [-0.25, -0.2) is 0 Å². The van der Waals surface area contributed by atoms with Crippen molar-refractivity contribution in [3.8, 4) is 5.75 Å². The fourth-order valence-corrected chi connectivity index (χ4v) is 2.69. The molecule has 0 unspecified atom stereocenters. The van der Waals surface area contributed by atoms with E-state index in [1.54, 1.807) is 13.0 Å². The van der Waals surface area contributed by atoms with Crippen molar-refractivity contribution in [3.05, 3.63) is 34.6 Å². The molecular formula is C16H20O4. The van der Waals surface area contributed by atoms with Crippen LogP contribution in [-0.4, -0.2) is 23.1 Å². The van der Waals surface area contributed by atoms with Gasteiger partial charge in [0.05, 0.1) is 7.11 Å². The fourth-order valence-electron chi connectivity index (χ4n) is 2.69. The summed E-state index contributed by atoms with van der Waals surface area (Å²) in [4.78, 5) is 12.4. The smallest absolute Gasteiger partial charge is 0.233 e. The number of rotatable bonds is 2. The van der Waals surface area contributed by atoms with Crippen LogP contribution in [0.1, 0.15) is 37.5 Å². The third-order valence-electron chi connectivity index (χ3n) is 3.83. The zero-order valence-electron chi connectivity index (χ0n) is 12.4. The summed E-state index contributed by atoms with van der Waals surface area (Å²) in [6, 6.07) is 3.26. The van der Waals surface area contributed by atoms with Crippen molar-refractivity contribution in [2.75, 3.05) is 7.11 Å². The largest absolute Gasteiger partial charge is 0.508 e. The number of allylic oxidation sites excluding steroid dienone is 1. The Morgan fingerprint density at radius 1 is 1.30 bits per heavy atom. The lowest BCUT2D eigenvalue weighted by Gasteiger charge is -2.33. The van der Waals surface area contributed by atoms with E-state index in [0.717, 1.165) is 11.1 Å². The van der Waals surface area contributed by atoms with Crippen LogP contribution in [0.15, 0.2) is 17.9 Å². The van der Waals surface area contributed by atoms with E-state index >= 15 is 0 Å². The Bertz CT molecular complexity index is 609. The lowest BCUT2D eigenvalue weighted by Crippen LogP contribution is -2.39. The number of aliphatic hydroxyl groups is 1. The van der Waals surface area contributed by atoms with Gasteiger partial charge in [-0.3, -0.25) is 4.79 Å². The van der Waals surface area contributed by atoms with Crippen molar-refractivity contribution < 1.29 is 19.7 Å². The van der Waals surface area contributed by atoms with Crippen molar-refractivity contribution in [3.63, 3.8) is 0 Å². The summed E-state index contributed by atoms with van der Waals surface area (Å²) in [5.41, 5.74) is 0.959. The molecular weight excluding hydrogens is 256 g/mol. The highest BCUT2D eigenvalue weighted by Crippen LogP contribution is 2.44. The summed E-state index contributed by atoms with van der Waals surface area (Å²) in [7, 11) is 1.43. The number of hydrogen-bond acceptors (Lipinski definition) is 4. The Labute approximate surface area is 118 Å². The van der Waals surface area contributed by atoms with Crippen LogP contribution in [0.4, 0.5) is 0 Å². The fraction of sp³-hybridized carbons (Fsp3) is 0.438. The molecule has 0 saturated heterocycles. The molecule has 4 heteroatoms. The molecule has 0 aromatic heterocycles. The molecule has 4 nitrogen and oxygen atoms in total. The number of benzene rings is 1. The molecule has 1 aliphatic rings. The lowest BCUT2D eigenvalue weighted by atomic mass is 9.75. The summed E-state index contributed by atoms with van der Waals surface area (Å²) >= 11 is 0. The van der Waals surface area contributed by atoms with Gasteiger partial charge in [0.1, 0.15) is 5.75 Å². The molecule has 1 atom stereocenters. The number of phenolic OH excluding ortho intramolecular Hbond substituents is 1. The minimum Gasteiger partial charge on any atom is -0.508 e. The topological polar surface area (TPSA) is 66.8 Å². The number of fused-ring (bicyclic) bond motifs is 1. The van der Waals surface area contributed by atoms with E-state index in [9.17, 15) is 15.0 Å². The van der Waals surface area contributed by atoms with Crippen LogP contribution in [0.5, 0.6) is 5.75 Å². The van der Waals surface area contributed by atoms with Gasteiger partial charge in [0, 0.05) is 11.1 Å². The van der Waals surface area contributed by atoms with Gasteiger partial charge in [0.2, 0.25) is 5.78 Å². The highest BCUT2D eigenvalue weighted by Gasteiger charge is 2.44. The first-order valence-electron chi connectivity index (χ1n) is 6.61. The number of hydrogen-bond donors (Lipinski definition) is 2. The number of aromatic hydroxyl groups is 1. The second kappa shape index (κ2) is 4.63. The molecule has 0 saturated carbocycles. The van der Waals surface area contributed by atoms with Crippen LogP contribution in [-0.2, 0) is 15.1 Å². The maximum atomic E-state index is 12.4. The number of aryl methyl sites for hydroxylation is 1. The third-order valence-corrected chi connectivity index (χ3v) is 3.83. The predicted molar refractivity (Wildman–Crippen MR) is 76.2 cm³/mol. The molecule has 0 radical (unpaired) electrons. The first-order valence-corrected chi connectivity index (χ1v) is 6.61. The molecule has 0 amide bonds. The van der Waals surface area contributed by atoms with Gasteiger partial charge in [-0.15, -0.1) is 0 Å². The van der Waals surface area contributed by atoms with Gasteiger partial charge in [-0.1, -0.05) is 13.8 Å². The second-order valence-electron chi connectivity index (χ2n) is 5.69. The molecule has 1 aliphatic carbocycles. The van der Waals surface area contributed by atoms with E-state index in [1.807, 2.05) is 13.8 Å². The molecule has 2 rings (SSSR count). The minimum absolute atomic E-state index is 0.0627. The number of ether oxygens (including phenoxy) is 1. The van der Waals surface area contributed by atoms with Crippen molar-refractivity contribution >= 4 is 11.4 Å². The van der Waals surface area contributed by atoms with Crippen molar-refractivity contribution in [2.24, 2.45) is 5.92 Å². The molecule has 108 valence electrons. The third kappa shape index (κ3) is 1.91. The van der Waals surface area contributed by atoms with Crippen LogP contribution < -0.4 is 0 Å². The molecule has 0 aliphatic heterocycles. The number of methoxy groups -OCH3 is 1. The first-order chi connectivity index (χ1) is 9.21. The second-order valence-corrected chi connectivity index (χ2v) is 5.69. The Hall–Kier alpha value is -1.81. The van der Waals surface area contributed by atoms with Crippen LogP contribution in [0.2, 0.25) is 0 Å². The van der Waals surface area contributed by atoms with Gasteiger partial charge >= 0.3 is 0 Å². The van der Waals surface area contributed by atoms with Crippen LogP contribution >= 0.6 is 0 Å². The van der Waals surface area contributed by atoms with E-state index in [0.29, 0.717) is 11.1 Å². The van der Waals surface area contributed by atoms with Crippen molar-refractivity contribution in [1.29, 1.82) is 0 Å². The number of phenols is 1. The Balaban J connectivity index is 2.88. The van der Waals surface area contributed by atoms with Gasteiger partial charge in [-0.05, 0) is 43.0 Å². The van der Waals surface area contributed by atoms with Crippen LogP contribution in [0.25, 0.3) is 5.57 Å². The normalized spacial score (nSPS) is 22.2. The molecule has 20 heavy (non-hydrogen) atoms. The molecule has 0 spiro atoms. The van der Waals surface area contributed by atoms with Crippen LogP contribution in [0, 0.1) is 12.8 Å². The predicted octanol–water partition coefficient (Wildman–Crippen LogP) is 2.50. The summed E-state index contributed by atoms with van der Waals surface area (Å²) in [6.45, 7) is 7.14. The van der Waals surface area contributed by atoms with Gasteiger partial charge in [0.15, 0.2) is 11.4 Å². The minimum atomic E-state index is -1.69. The van der Waals surface area contributed by atoms with E-state index in [2.05, 4.69) is 0 Å². The molecule has 0 fully saturated rings. The molecule has 1 aromatic rings. The van der Waals surface area contributed by atoms with Crippen LogP contribution in [0.3, 0.4) is 0 Å². The van der Waals surface area contributed by atoms with Gasteiger partial charge in [0.25, 0.3) is 0 Å². The number of ketones is 1. The first kappa shape index (κ1) is 14.6. The molecule has 0 bridgehead atoms. The number of carbonyl (C=O) groups is 1. The Morgan fingerprint density at radius 2 is 1.90 bits per heavy atom. The van der Waals surface area contributed by atoms with Gasteiger partial charge in [-0.2, -0.15) is 0 Å². The van der Waals surface area contributed by atoms with E-state index in [1.165, 1.54) is 20.1 Å². The monoisotopic (exact) mass is 276 g/mol. The van der Waals surface area contributed by atoms with Gasteiger partial charge < -0.3 is 14.9 Å². The Morgan fingerprint density at radius 3 is 2.40 bits per heavy atom. The zero-order valence-corrected chi connectivity index (χ0v) is 12.4. The number of carbonyl (C=O) groups excluding carboxylic acids is 1.